The number of carbonyl (C=O) groups excluding carboxylic acids is 1. The molecule has 1 aromatic rings. The van der Waals surface area contributed by atoms with Crippen LogP contribution in [0.1, 0.15) is 11.7 Å². The molecule has 1 fully saturated rings. The number of aromatic nitrogens is 2. The van der Waals surface area contributed by atoms with Crippen LogP contribution in [-0.4, -0.2) is 22.8 Å². The Balaban J connectivity index is 2.21. The maximum atomic E-state index is 10.7. The molecule has 2 atom stereocenters. The van der Waals surface area contributed by atoms with E-state index in [1.807, 2.05) is 0 Å². The smallest absolute Gasteiger partial charge is 0.126 e. The number of hydrogen-bond acceptors (Lipinski definition) is 5. The van der Waals surface area contributed by atoms with E-state index in [4.69, 9.17) is 0 Å². The van der Waals surface area contributed by atoms with Crippen LogP contribution < -0.4 is 10.9 Å². The molecule has 2 heterocycles. The average Bonchev–Trinajstić information content (AvgIpc) is 2.67. The lowest BCUT2D eigenvalue weighted by Crippen LogP contribution is -2.25. The standard InChI is InChI=1S/C8H10N4O/c13-5-6-3-11-12-8(6)7-4-9-1-2-10-7/h1-2,4-6,8,11-12H,3H2. The van der Waals surface area contributed by atoms with Gasteiger partial charge in [0.1, 0.15) is 6.29 Å². The number of nitrogens with one attached hydrogen (secondary N) is 2. The van der Waals surface area contributed by atoms with Gasteiger partial charge in [-0.1, -0.05) is 0 Å². The molecule has 2 unspecified atom stereocenters. The van der Waals surface area contributed by atoms with Gasteiger partial charge in [-0.3, -0.25) is 15.4 Å². The molecule has 0 spiro atoms. The third kappa shape index (κ3) is 1.56. The summed E-state index contributed by atoms with van der Waals surface area (Å²) in [5.74, 6) is -0.0586. The first kappa shape index (κ1) is 8.28. The molecule has 0 radical (unpaired) electrons. The summed E-state index contributed by atoms with van der Waals surface area (Å²) in [5.41, 5.74) is 6.71. The molecule has 0 aliphatic carbocycles. The molecule has 1 aromatic heterocycles. The van der Waals surface area contributed by atoms with Crippen LogP contribution in [-0.2, 0) is 4.79 Å². The highest BCUT2D eigenvalue weighted by Gasteiger charge is 2.28. The lowest BCUT2D eigenvalue weighted by molar-refractivity contribution is -0.111. The number of nitrogens with zero attached hydrogens (tertiary/aromatic N) is 2. The van der Waals surface area contributed by atoms with Crippen molar-refractivity contribution in [2.45, 2.75) is 6.04 Å². The van der Waals surface area contributed by atoms with E-state index >= 15 is 0 Å². The Morgan fingerprint density at radius 3 is 3.15 bits per heavy atom. The third-order valence-corrected chi connectivity index (χ3v) is 2.10. The SMILES string of the molecule is O=CC1CNNC1c1cnccn1. The lowest BCUT2D eigenvalue weighted by Gasteiger charge is -2.11. The van der Waals surface area contributed by atoms with Crippen molar-refractivity contribution in [2.75, 3.05) is 6.54 Å². The third-order valence-electron chi connectivity index (χ3n) is 2.10. The molecule has 2 N–H and O–H groups in total. The maximum Gasteiger partial charge on any atom is 0.126 e. The van der Waals surface area contributed by atoms with Crippen molar-refractivity contribution in [3.05, 3.63) is 24.3 Å². The van der Waals surface area contributed by atoms with Crippen molar-refractivity contribution in [1.82, 2.24) is 20.8 Å². The lowest BCUT2D eigenvalue weighted by atomic mass is 10.0. The van der Waals surface area contributed by atoms with Crippen molar-refractivity contribution in [3.63, 3.8) is 0 Å². The zero-order chi connectivity index (χ0) is 9.10. The first-order valence-electron chi connectivity index (χ1n) is 4.11. The fourth-order valence-corrected chi connectivity index (χ4v) is 1.40. The van der Waals surface area contributed by atoms with Crippen molar-refractivity contribution in [3.8, 4) is 0 Å². The van der Waals surface area contributed by atoms with E-state index in [0.29, 0.717) is 6.54 Å². The Morgan fingerprint density at radius 2 is 2.46 bits per heavy atom. The Morgan fingerprint density at radius 1 is 1.54 bits per heavy atom. The van der Waals surface area contributed by atoms with Gasteiger partial charge in [-0.25, -0.2) is 5.43 Å². The highest BCUT2D eigenvalue weighted by atomic mass is 16.1. The van der Waals surface area contributed by atoms with Gasteiger partial charge in [0.05, 0.1) is 23.9 Å². The van der Waals surface area contributed by atoms with E-state index in [1.54, 1.807) is 18.6 Å². The largest absolute Gasteiger partial charge is 0.303 e. The van der Waals surface area contributed by atoms with Crippen LogP contribution in [0.15, 0.2) is 18.6 Å². The quantitative estimate of drug-likeness (QED) is 0.594. The molecule has 1 aliphatic rings. The van der Waals surface area contributed by atoms with Gasteiger partial charge in [0.15, 0.2) is 0 Å². The molecule has 2 rings (SSSR count). The summed E-state index contributed by atoms with van der Waals surface area (Å²) in [6, 6.07) is -0.0498. The Labute approximate surface area is 75.6 Å². The fourth-order valence-electron chi connectivity index (χ4n) is 1.40. The van der Waals surface area contributed by atoms with Crippen molar-refractivity contribution >= 4 is 6.29 Å². The second-order valence-corrected chi connectivity index (χ2v) is 2.93. The number of carbonyl (C=O) groups is 1. The minimum atomic E-state index is -0.0586. The van der Waals surface area contributed by atoms with E-state index in [2.05, 4.69) is 20.8 Å². The van der Waals surface area contributed by atoms with Crippen LogP contribution >= 0.6 is 0 Å². The van der Waals surface area contributed by atoms with Crippen LogP contribution in [0.25, 0.3) is 0 Å². The van der Waals surface area contributed by atoms with Crippen LogP contribution in [0.3, 0.4) is 0 Å². The van der Waals surface area contributed by atoms with Gasteiger partial charge < -0.3 is 4.79 Å². The number of hydrogen-bond donors (Lipinski definition) is 2. The Hall–Kier alpha value is -1.33. The van der Waals surface area contributed by atoms with Crippen molar-refractivity contribution in [1.29, 1.82) is 0 Å². The predicted octanol–water partition coefficient (Wildman–Crippen LogP) is -0.559. The van der Waals surface area contributed by atoms with Crippen LogP contribution in [0.4, 0.5) is 0 Å². The van der Waals surface area contributed by atoms with Gasteiger partial charge in [-0.2, -0.15) is 0 Å². The zero-order valence-corrected chi connectivity index (χ0v) is 6.97. The summed E-state index contributed by atoms with van der Waals surface area (Å²) in [7, 11) is 0. The summed E-state index contributed by atoms with van der Waals surface area (Å²) in [6.45, 7) is 0.644. The highest BCUT2D eigenvalue weighted by molar-refractivity contribution is 5.56. The van der Waals surface area contributed by atoms with Gasteiger partial charge in [-0.05, 0) is 0 Å². The minimum Gasteiger partial charge on any atom is -0.303 e. The molecule has 1 saturated heterocycles. The zero-order valence-electron chi connectivity index (χ0n) is 6.97. The van der Waals surface area contributed by atoms with Crippen molar-refractivity contribution in [2.24, 2.45) is 5.92 Å². The average molecular weight is 178 g/mol. The van der Waals surface area contributed by atoms with E-state index < -0.39 is 0 Å². The Bertz CT molecular complexity index is 289. The van der Waals surface area contributed by atoms with Gasteiger partial charge >= 0.3 is 0 Å². The summed E-state index contributed by atoms with van der Waals surface area (Å²) in [6.07, 6.45) is 5.84. The highest BCUT2D eigenvalue weighted by Crippen LogP contribution is 2.20. The summed E-state index contributed by atoms with van der Waals surface area (Å²) in [4.78, 5) is 18.7. The monoisotopic (exact) mass is 178 g/mol. The van der Waals surface area contributed by atoms with E-state index in [-0.39, 0.29) is 12.0 Å². The number of hydrazine groups is 1. The first-order valence-corrected chi connectivity index (χ1v) is 4.11. The summed E-state index contributed by atoms with van der Waals surface area (Å²) < 4.78 is 0. The molecule has 68 valence electrons. The van der Waals surface area contributed by atoms with E-state index in [1.165, 1.54) is 0 Å². The van der Waals surface area contributed by atoms with Crippen molar-refractivity contribution < 1.29 is 4.79 Å². The normalized spacial score (nSPS) is 27.4. The van der Waals surface area contributed by atoms with Gasteiger partial charge in [0.25, 0.3) is 0 Å². The van der Waals surface area contributed by atoms with E-state index in [0.717, 1.165) is 12.0 Å². The van der Waals surface area contributed by atoms with Gasteiger partial charge in [0, 0.05) is 18.9 Å². The van der Waals surface area contributed by atoms with Gasteiger partial charge in [0.2, 0.25) is 0 Å². The summed E-state index contributed by atoms with van der Waals surface area (Å²) >= 11 is 0. The van der Waals surface area contributed by atoms with Crippen LogP contribution in [0, 0.1) is 5.92 Å². The minimum absolute atomic E-state index is 0.0498. The first-order chi connectivity index (χ1) is 6.42. The maximum absolute atomic E-state index is 10.7. The molecule has 0 bridgehead atoms. The molecule has 5 nitrogen and oxygen atoms in total. The van der Waals surface area contributed by atoms with E-state index in [9.17, 15) is 4.79 Å². The molecular weight excluding hydrogens is 168 g/mol. The molecule has 5 heteroatoms. The Kier molecular flexibility index (Phi) is 2.29. The summed E-state index contributed by atoms with van der Waals surface area (Å²) in [5, 5.41) is 0. The molecule has 0 aromatic carbocycles. The van der Waals surface area contributed by atoms with Crippen LogP contribution in [0.2, 0.25) is 0 Å². The second-order valence-electron chi connectivity index (χ2n) is 2.93. The molecule has 1 aliphatic heterocycles. The topological polar surface area (TPSA) is 66.9 Å². The molecule has 0 amide bonds. The van der Waals surface area contributed by atoms with Crippen LogP contribution in [0.5, 0.6) is 0 Å². The molecule has 0 saturated carbocycles. The molecular formula is C8H10N4O. The molecule has 13 heavy (non-hydrogen) atoms. The number of aldehydes is 1. The fraction of sp³-hybridized carbons (Fsp3) is 0.375. The number of rotatable bonds is 2. The predicted molar refractivity (Wildman–Crippen MR) is 45.5 cm³/mol. The van der Waals surface area contributed by atoms with Gasteiger partial charge in [-0.15, -0.1) is 0 Å². The second kappa shape index (κ2) is 3.59.